The maximum atomic E-state index is 6.09. The van der Waals surface area contributed by atoms with Crippen molar-refractivity contribution in [2.24, 2.45) is 0 Å². The highest BCUT2D eigenvalue weighted by atomic mass is 35.5. The number of nitrogens with zero attached hydrogens (tertiary/aromatic N) is 2. The minimum absolute atomic E-state index is 0.372. The van der Waals surface area contributed by atoms with E-state index in [0.717, 1.165) is 10.9 Å². The van der Waals surface area contributed by atoms with E-state index in [1.807, 2.05) is 18.2 Å². The van der Waals surface area contributed by atoms with Gasteiger partial charge in [-0.1, -0.05) is 11.6 Å². The topological polar surface area (TPSA) is 44.2 Å². The van der Waals surface area contributed by atoms with Crippen LogP contribution in [-0.4, -0.2) is 26.6 Å². The van der Waals surface area contributed by atoms with E-state index in [9.17, 15) is 0 Å². The summed E-state index contributed by atoms with van der Waals surface area (Å²) < 4.78 is 12.0. The Balaban J connectivity index is 2.57. The Kier molecular flexibility index (Phi) is 4.32. The number of hydrogen-bond acceptors (Lipinski definition) is 4. The molecule has 4 nitrogen and oxygen atoms in total. The van der Waals surface area contributed by atoms with Crippen LogP contribution in [0.5, 0.6) is 11.9 Å². The first-order valence-electron chi connectivity index (χ1n) is 6.89. The van der Waals surface area contributed by atoms with Crippen LogP contribution in [0, 0.1) is 0 Å². The number of hydrogen-bond donors (Lipinski definition) is 0. The van der Waals surface area contributed by atoms with Crippen LogP contribution in [0.2, 0.25) is 44.3 Å². The molecule has 7 heteroatoms. The van der Waals surface area contributed by atoms with Gasteiger partial charge in [-0.25, -0.2) is 0 Å². The molecule has 0 spiro atoms. The van der Waals surface area contributed by atoms with E-state index in [-0.39, 0.29) is 0 Å². The highest BCUT2D eigenvalue weighted by Crippen LogP contribution is 2.29. The van der Waals surface area contributed by atoms with Crippen LogP contribution in [0.15, 0.2) is 18.2 Å². The molecule has 2 rings (SSSR count). The van der Waals surface area contributed by atoms with Crippen molar-refractivity contribution in [2.75, 3.05) is 0 Å². The first-order chi connectivity index (χ1) is 9.53. The van der Waals surface area contributed by atoms with Gasteiger partial charge in [-0.15, -0.1) is 0 Å². The van der Waals surface area contributed by atoms with Crippen LogP contribution in [0.1, 0.15) is 0 Å². The molecule has 1 aromatic heterocycles. The fraction of sp³-hybridized carbons (Fsp3) is 0.429. The van der Waals surface area contributed by atoms with Crippen molar-refractivity contribution in [3.63, 3.8) is 0 Å². The summed E-state index contributed by atoms with van der Waals surface area (Å²) in [6, 6.07) is 5.90. The van der Waals surface area contributed by atoms with Gasteiger partial charge in [-0.05, 0) is 57.5 Å². The Morgan fingerprint density at radius 1 is 0.905 bits per heavy atom. The molecule has 0 amide bonds. The van der Waals surface area contributed by atoms with Crippen molar-refractivity contribution in [2.45, 2.75) is 39.3 Å². The van der Waals surface area contributed by atoms with E-state index in [1.54, 1.807) is 0 Å². The monoisotopic (exact) mass is 340 g/mol. The molecule has 0 saturated heterocycles. The predicted octanol–water partition coefficient (Wildman–Crippen LogP) is 4.71. The Morgan fingerprint density at radius 3 is 2.10 bits per heavy atom. The summed E-state index contributed by atoms with van der Waals surface area (Å²) in [7, 11) is -3.56. The van der Waals surface area contributed by atoms with Crippen LogP contribution in [0.25, 0.3) is 10.9 Å². The summed E-state index contributed by atoms with van der Waals surface area (Å²) in [6.45, 7) is 12.6. The largest absolute Gasteiger partial charge is 0.531 e. The second kappa shape index (κ2) is 5.59. The second-order valence-corrected chi connectivity index (χ2v) is 16.2. The van der Waals surface area contributed by atoms with Crippen LogP contribution < -0.4 is 8.85 Å². The second-order valence-electron chi connectivity index (χ2n) is 6.90. The molecule has 1 aromatic carbocycles. The van der Waals surface area contributed by atoms with Gasteiger partial charge in [-0.2, -0.15) is 9.97 Å². The minimum atomic E-state index is -1.78. The van der Waals surface area contributed by atoms with E-state index in [2.05, 4.69) is 49.3 Å². The molecule has 0 unspecified atom stereocenters. The number of benzene rings is 1. The van der Waals surface area contributed by atoms with Gasteiger partial charge in [0.1, 0.15) is 0 Å². The lowest BCUT2D eigenvalue weighted by Gasteiger charge is -2.22. The third kappa shape index (κ3) is 4.69. The number of fused-ring (bicyclic) bond motifs is 1. The summed E-state index contributed by atoms with van der Waals surface area (Å²) in [4.78, 5) is 8.94. The van der Waals surface area contributed by atoms with Gasteiger partial charge >= 0.3 is 6.01 Å². The molecule has 21 heavy (non-hydrogen) atoms. The van der Waals surface area contributed by atoms with Crippen LogP contribution >= 0.6 is 11.6 Å². The van der Waals surface area contributed by atoms with Crippen LogP contribution in [0.3, 0.4) is 0 Å². The maximum absolute atomic E-state index is 6.09. The lowest BCUT2D eigenvalue weighted by Crippen LogP contribution is -2.32. The van der Waals surface area contributed by atoms with Gasteiger partial charge < -0.3 is 8.85 Å². The molecular formula is C14H21ClN2O2Si2. The molecule has 0 fully saturated rings. The van der Waals surface area contributed by atoms with E-state index < -0.39 is 16.6 Å². The molecule has 0 radical (unpaired) electrons. The first-order valence-corrected chi connectivity index (χ1v) is 14.1. The predicted molar refractivity (Wildman–Crippen MR) is 92.5 cm³/mol. The van der Waals surface area contributed by atoms with Gasteiger partial charge in [-0.3, -0.25) is 0 Å². The average molecular weight is 341 g/mol. The zero-order valence-corrected chi connectivity index (χ0v) is 16.1. The van der Waals surface area contributed by atoms with E-state index in [1.165, 1.54) is 0 Å². The van der Waals surface area contributed by atoms with E-state index >= 15 is 0 Å². The van der Waals surface area contributed by atoms with Gasteiger partial charge in [0.2, 0.25) is 22.5 Å². The van der Waals surface area contributed by atoms with Crippen molar-refractivity contribution in [1.82, 2.24) is 9.97 Å². The molecule has 114 valence electrons. The average Bonchev–Trinajstić information content (AvgIpc) is 2.23. The van der Waals surface area contributed by atoms with Gasteiger partial charge in [0.25, 0.3) is 0 Å². The summed E-state index contributed by atoms with van der Waals surface area (Å²) in [5, 5.41) is 1.50. The van der Waals surface area contributed by atoms with Crippen molar-refractivity contribution in [1.29, 1.82) is 0 Å². The fourth-order valence-corrected chi connectivity index (χ4v) is 3.28. The minimum Gasteiger partial charge on any atom is -0.531 e. The molecule has 0 N–H and O–H groups in total. The van der Waals surface area contributed by atoms with E-state index in [0.29, 0.717) is 16.9 Å². The Hall–Kier alpha value is -1.12. The molecule has 0 aliphatic heterocycles. The Labute approximate surface area is 132 Å². The lowest BCUT2D eigenvalue weighted by atomic mass is 10.2. The zero-order chi connectivity index (χ0) is 15.8. The summed E-state index contributed by atoms with van der Waals surface area (Å²) >= 11 is 6.06. The Bertz CT molecular complexity index is 666. The first kappa shape index (κ1) is 16.3. The smallest absolute Gasteiger partial charge is 0.306 e. The van der Waals surface area contributed by atoms with Crippen molar-refractivity contribution >= 4 is 39.1 Å². The molecular weight excluding hydrogens is 320 g/mol. The molecule has 0 bridgehead atoms. The highest BCUT2D eigenvalue weighted by molar-refractivity contribution is 6.70. The quantitative estimate of drug-likeness (QED) is 0.756. The molecule has 0 atom stereocenters. The molecule has 2 aromatic rings. The summed E-state index contributed by atoms with van der Waals surface area (Å²) in [6.07, 6.45) is 0. The van der Waals surface area contributed by atoms with Gasteiger partial charge in [0, 0.05) is 5.02 Å². The SMILES string of the molecule is C[Si](C)(C)Oc1nc(O[Si](C)(C)C)c2ccc(Cl)cc2n1. The van der Waals surface area contributed by atoms with Crippen molar-refractivity contribution in [3.8, 4) is 11.9 Å². The van der Waals surface area contributed by atoms with Gasteiger partial charge in [0.05, 0.1) is 10.9 Å². The van der Waals surface area contributed by atoms with Crippen molar-refractivity contribution in [3.05, 3.63) is 23.2 Å². The van der Waals surface area contributed by atoms with Crippen molar-refractivity contribution < 1.29 is 8.85 Å². The normalized spacial score (nSPS) is 12.5. The number of halogens is 1. The number of rotatable bonds is 4. The molecule has 0 saturated carbocycles. The number of aromatic nitrogens is 2. The highest BCUT2D eigenvalue weighted by Gasteiger charge is 2.23. The fourth-order valence-electron chi connectivity index (χ4n) is 1.74. The van der Waals surface area contributed by atoms with Crippen LogP contribution in [-0.2, 0) is 0 Å². The summed E-state index contributed by atoms with van der Waals surface area (Å²) in [5.74, 6) is 0.587. The molecule has 1 heterocycles. The zero-order valence-electron chi connectivity index (χ0n) is 13.3. The lowest BCUT2D eigenvalue weighted by molar-refractivity contribution is 0.482. The maximum Gasteiger partial charge on any atom is 0.306 e. The third-order valence-electron chi connectivity index (χ3n) is 2.40. The summed E-state index contributed by atoms with van der Waals surface area (Å²) in [5.41, 5.74) is 0.749. The van der Waals surface area contributed by atoms with Gasteiger partial charge in [0.15, 0.2) is 0 Å². The van der Waals surface area contributed by atoms with Crippen LogP contribution in [0.4, 0.5) is 0 Å². The molecule has 0 aliphatic carbocycles. The standard InChI is InChI=1S/C14H21ClN2O2Si2/c1-20(2,3)18-13-11-8-7-10(15)9-12(11)16-14(17-13)19-21(4,5)6/h7-9H,1-6H3. The molecule has 0 aliphatic rings. The van der Waals surface area contributed by atoms with E-state index in [4.69, 9.17) is 20.5 Å². The Morgan fingerprint density at radius 2 is 1.52 bits per heavy atom. The third-order valence-corrected chi connectivity index (χ3v) is 4.24.